The number of hydrogen-bond donors (Lipinski definition) is 2. The number of carbonyl (C=O) groups excluding carboxylic acids is 2. The van der Waals surface area contributed by atoms with Gasteiger partial charge < -0.3 is 24.8 Å². The van der Waals surface area contributed by atoms with Crippen molar-refractivity contribution in [2.24, 2.45) is 5.92 Å². The number of amides is 2. The van der Waals surface area contributed by atoms with E-state index in [1.807, 2.05) is 37.3 Å². The van der Waals surface area contributed by atoms with Crippen LogP contribution in [-0.4, -0.2) is 37.7 Å². The van der Waals surface area contributed by atoms with E-state index >= 15 is 0 Å². The average Bonchev–Trinajstić information content (AvgIpc) is 2.84. The molecule has 1 aliphatic heterocycles. The highest BCUT2D eigenvalue weighted by Gasteiger charge is 2.40. The van der Waals surface area contributed by atoms with Gasteiger partial charge in [-0.15, -0.1) is 0 Å². The maximum atomic E-state index is 12.8. The fourth-order valence-corrected chi connectivity index (χ4v) is 4.50. The van der Waals surface area contributed by atoms with E-state index in [1.165, 1.54) is 0 Å². The summed E-state index contributed by atoms with van der Waals surface area (Å²) in [7, 11) is 1.59. The van der Waals surface area contributed by atoms with Gasteiger partial charge in [-0.05, 0) is 67.7 Å². The standard InChI is InChI=1S/C26H29ClN2O5/c1-3-33-22-10-6-17(13-23(22)32-2)15-28-25(30)18-7-11-21-20(14-18)29-26(31)24(34-21)12-16-4-8-19(27)9-5-16/h4-6,8-10,12-13,18,20-21H,3,7,11,14-15H2,1-2H3,(H,28,30)(H,29,31)/b24-12+. The summed E-state index contributed by atoms with van der Waals surface area (Å²) in [6.45, 7) is 2.86. The summed E-state index contributed by atoms with van der Waals surface area (Å²) in [6.07, 6.45) is 3.51. The van der Waals surface area contributed by atoms with Gasteiger partial charge in [0.15, 0.2) is 17.3 Å². The SMILES string of the molecule is CCOc1ccc(CNC(=O)C2CCC3O/C(=C/c4ccc(Cl)cc4)C(=O)NC3C2)cc1OC. The van der Waals surface area contributed by atoms with Crippen LogP contribution in [0.15, 0.2) is 48.2 Å². The van der Waals surface area contributed by atoms with Crippen LogP contribution in [0.1, 0.15) is 37.3 Å². The van der Waals surface area contributed by atoms with Crippen LogP contribution in [0, 0.1) is 5.92 Å². The van der Waals surface area contributed by atoms with Crippen molar-refractivity contribution in [3.8, 4) is 11.5 Å². The van der Waals surface area contributed by atoms with Gasteiger partial charge in [0.2, 0.25) is 5.91 Å². The lowest BCUT2D eigenvalue weighted by Gasteiger charge is -2.39. The number of rotatable bonds is 7. The number of halogens is 1. The second-order valence-corrected chi connectivity index (χ2v) is 8.88. The first-order valence-electron chi connectivity index (χ1n) is 11.5. The Labute approximate surface area is 204 Å². The van der Waals surface area contributed by atoms with Crippen molar-refractivity contribution in [1.82, 2.24) is 10.6 Å². The second kappa shape index (κ2) is 10.8. The number of benzene rings is 2. The van der Waals surface area contributed by atoms with Gasteiger partial charge in [0, 0.05) is 17.5 Å². The Kier molecular flexibility index (Phi) is 7.63. The zero-order valence-corrected chi connectivity index (χ0v) is 20.1. The third-order valence-corrected chi connectivity index (χ3v) is 6.39. The monoisotopic (exact) mass is 484 g/mol. The summed E-state index contributed by atoms with van der Waals surface area (Å²) in [5.74, 6) is 1.13. The number of carbonyl (C=O) groups is 2. The zero-order chi connectivity index (χ0) is 24.1. The van der Waals surface area contributed by atoms with E-state index in [2.05, 4.69) is 10.6 Å². The topological polar surface area (TPSA) is 85.9 Å². The maximum absolute atomic E-state index is 12.8. The summed E-state index contributed by atoms with van der Waals surface area (Å²) >= 11 is 5.93. The number of fused-ring (bicyclic) bond motifs is 1. The molecule has 1 saturated carbocycles. The van der Waals surface area contributed by atoms with Crippen LogP contribution in [0.4, 0.5) is 0 Å². The largest absolute Gasteiger partial charge is 0.493 e. The first-order chi connectivity index (χ1) is 16.5. The number of methoxy groups -OCH3 is 1. The molecule has 0 aromatic heterocycles. The van der Waals surface area contributed by atoms with E-state index in [0.29, 0.717) is 48.9 Å². The smallest absolute Gasteiger partial charge is 0.286 e. The van der Waals surface area contributed by atoms with Crippen molar-refractivity contribution in [3.63, 3.8) is 0 Å². The summed E-state index contributed by atoms with van der Waals surface area (Å²) in [4.78, 5) is 25.4. The number of hydrogen-bond acceptors (Lipinski definition) is 5. The van der Waals surface area contributed by atoms with Crippen LogP contribution in [0.3, 0.4) is 0 Å². The summed E-state index contributed by atoms with van der Waals surface area (Å²) < 4.78 is 16.9. The van der Waals surface area contributed by atoms with Crippen LogP contribution in [-0.2, 0) is 20.9 Å². The Bertz CT molecular complexity index is 1070. The van der Waals surface area contributed by atoms with Crippen molar-refractivity contribution in [2.75, 3.05) is 13.7 Å². The van der Waals surface area contributed by atoms with Gasteiger partial charge >= 0.3 is 0 Å². The number of nitrogens with one attached hydrogen (secondary N) is 2. The predicted octanol–water partition coefficient (Wildman–Crippen LogP) is 4.09. The van der Waals surface area contributed by atoms with Crippen molar-refractivity contribution in [1.29, 1.82) is 0 Å². The number of ether oxygens (including phenoxy) is 3. The molecule has 2 amide bonds. The fraction of sp³-hybridized carbons (Fsp3) is 0.385. The highest BCUT2D eigenvalue weighted by Crippen LogP contribution is 2.32. The summed E-state index contributed by atoms with van der Waals surface area (Å²) in [5, 5.41) is 6.67. The van der Waals surface area contributed by atoms with Gasteiger partial charge in [-0.3, -0.25) is 9.59 Å². The maximum Gasteiger partial charge on any atom is 0.286 e. The Morgan fingerprint density at radius 2 is 2.00 bits per heavy atom. The molecule has 1 aliphatic carbocycles. The third kappa shape index (κ3) is 5.65. The lowest BCUT2D eigenvalue weighted by Crippen LogP contribution is -2.54. The van der Waals surface area contributed by atoms with Gasteiger partial charge in [0.05, 0.1) is 19.8 Å². The van der Waals surface area contributed by atoms with E-state index in [4.69, 9.17) is 25.8 Å². The highest BCUT2D eigenvalue weighted by atomic mass is 35.5. The molecule has 0 spiro atoms. The van der Waals surface area contributed by atoms with Crippen LogP contribution in [0.2, 0.25) is 5.02 Å². The van der Waals surface area contributed by atoms with E-state index in [0.717, 1.165) is 11.1 Å². The van der Waals surface area contributed by atoms with Crippen LogP contribution in [0.25, 0.3) is 6.08 Å². The molecular weight excluding hydrogens is 456 g/mol. The summed E-state index contributed by atoms with van der Waals surface area (Å²) in [5.41, 5.74) is 1.76. The molecule has 2 aromatic carbocycles. The molecule has 2 N–H and O–H groups in total. The highest BCUT2D eigenvalue weighted by molar-refractivity contribution is 6.30. The van der Waals surface area contributed by atoms with Crippen LogP contribution in [0.5, 0.6) is 11.5 Å². The molecule has 180 valence electrons. The zero-order valence-electron chi connectivity index (χ0n) is 19.3. The number of morpholine rings is 1. The second-order valence-electron chi connectivity index (χ2n) is 8.44. The normalized spacial score (nSPS) is 22.9. The van der Waals surface area contributed by atoms with E-state index in [-0.39, 0.29) is 35.6 Å². The quantitative estimate of drug-likeness (QED) is 0.578. The van der Waals surface area contributed by atoms with Crippen LogP contribution >= 0.6 is 11.6 Å². The predicted molar refractivity (Wildman–Crippen MR) is 130 cm³/mol. The Morgan fingerprint density at radius 3 is 2.74 bits per heavy atom. The molecule has 0 bridgehead atoms. The molecular formula is C26H29ClN2O5. The fourth-order valence-electron chi connectivity index (χ4n) is 4.37. The molecule has 7 nitrogen and oxygen atoms in total. The minimum absolute atomic E-state index is 0.0250. The van der Waals surface area contributed by atoms with Gasteiger partial charge in [0.25, 0.3) is 5.91 Å². The lowest BCUT2D eigenvalue weighted by atomic mass is 9.82. The average molecular weight is 485 g/mol. The summed E-state index contributed by atoms with van der Waals surface area (Å²) in [6, 6.07) is 12.6. The van der Waals surface area contributed by atoms with Crippen molar-refractivity contribution in [3.05, 3.63) is 64.4 Å². The molecule has 1 saturated heterocycles. The molecule has 34 heavy (non-hydrogen) atoms. The molecule has 1 heterocycles. The van der Waals surface area contributed by atoms with Gasteiger partial charge in [0.1, 0.15) is 6.10 Å². The molecule has 3 atom stereocenters. The van der Waals surface area contributed by atoms with Crippen molar-refractivity contribution in [2.45, 2.75) is 44.9 Å². The van der Waals surface area contributed by atoms with E-state index < -0.39 is 0 Å². The van der Waals surface area contributed by atoms with Crippen LogP contribution < -0.4 is 20.1 Å². The first kappa shape index (κ1) is 24.0. The molecule has 3 unspecified atom stereocenters. The molecule has 4 rings (SSSR count). The Balaban J connectivity index is 1.32. The molecule has 8 heteroatoms. The van der Waals surface area contributed by atoms with Gasteiger partial charge in [-0.1, -0.05) is 29.8 Å². The van der Waals surface area contributed by atoms with Crippen molar-refractivity contribution < 1.29 is 23.8 Å². The third-order valence-electron chi connectivity index (χ3n) is 6.14. The Morgan fingerprint density at radius 1 is 1.21 bits per heavy atom. The molecule has 2 fully saturated rings. The Hall–Kier alpha value is -3.19. The van der Waals surface area contributed by atoms with E-state index in [9.17, 15) is 9.59 Å². The molecule has 2 aliphatic rings. The first-order valence-corrected chi connectivity index (χ1v) is 11.9. The molecule has 0 radical (unpaired) electrons. The lowest BCUT2D eigenvalue weighted by molar-refractivity contribution is -0.134. The minimum atomic E-state index is -0.265. The van der Waals surface area contributed by atoms with Gasteiger partial charge in [-0.25, -0.2) is 0 Å². The van der Waals surface area contributed by atoms with E-state index in [1.54, 1.807) is 25.3 Å². The van der Waals surface area contributed by atoms with Gasteiger partial charge in [-0.2, -0.15) is 0 Å². The van der Waals surface area contributed by atoms with Crippen molar-refractivity contribution >= 4 is 29.5 Å². The molecule has 2 aromatic rings. The minimum Gasteiger partial charge on any atom is -0.493 e.